The first-order valence-electron chi connectivity index (χ1n) is 8.70. The van der Waals surface area contributed by atoms with Crippen molar-refractivity contribution in [3.8, 4) is 0 Å². The van der Waals surface area contributed by atoms with Crippen molar-refractivity contribution in [1.82, 2.24) is 0 Å². The molecule has 1 saturated heterocycles. The average Bonchev–Trinajstić information content (AvgIpc) is 3.17. The van der Waals surface area contributed by atoms with Crippen molar-refractivity contribution in [2.75, 3.05) is 4.90 Å². The van der Waals surface area contributed by atoms with Crippen molar-refractivity contribution in [1.29, 1.82) is 0 Å². The molecule has 0 aliphatic carbocycles. The van der Waals surface area contributed by atoms with E-state index < -0.39 is 11.5 Å². The minimum Gasteiger partial charge on any atom is -0.378 e. The van der Waals surface area contributed by atoms with E-state index in [0.29, 0.717) is 17.0 Å². The van der Waals surface area contributed by atoms with Gasteiger partial charge in [-0.2, -0.15) is 0 Å². The van der Waals surface area contributed by atoms with Crippen LogP contribution in [0.25, 0.3) is 0 Å². The van der Waals surface area contributed by atoms with Gasteiger partial charge in [-0.15, -0.1) is 0 Å². The van der Waals surface area contributed by atoms with E-state index in [1.165, 1.54) is 6.92 Å². The van der Waals surface area contributed by atoms with Crippen LogP contribution in [0, 0.1) is 6.92 Å². The predicted octanol–water partition coefficient (Wildman–Crippen LogP) is 3.02. The van der Waals surface area contributed by atoms with Crippen LogP contribution in [0.3, 0.4) is 0 Å². The number of anilines is 1. The lowest BCUT2D eigenvalue weighted by Crippen LogP contribution is -2.40. The Morgan fingerprint density at radius 3 is 2.33 bits per heavy atom. The Kier molecular flexibility index (Phi) is 3.91. The Morgan fingerprint density at radius 2 is 1.70 bits per heavy atom. The average molecular weight is 362 g/mol. The first-order valence-corrected chi connectivity index (χ1v) is 8.70. The van der Waals surface area contributed by atoms with Crippen LogP contribution < -0.4 is 4.90 Å². The van der Waals surface area contributed by atoms with Crippen LogP contribution in [-0.4, -0.2) is 28.9 Å². The Bertz CT molecular complexity index is 976. The molecule has 6 heteroatoms. The fourth-order valence-electron chi connectivity index (χ4n) is 3.41. The molecule has 0 radical (unpaired) electrons. The zero-order chi connectivity index (χ0) is 19.2. The van der Waals surface area contributed by atoms with Crippen LogP contribution in [0.1, 0.15) is 41.3 Å². The third kappa shape index (κ3) is 2.83. The van der Waals surface area contributed by atoms with Crippen LogP contribution >= 0.6 is 0 Å². The third-order valence-corrected chi connectivity index (χ3v) is 4.98. The number of hydrogen-bond donors (Lipinski definition) is 0. The summed E-state index contributed by atoms with van der Waals surface area (Å²) in [5, 5.41) is 4.09. The van der Waals surface area contributed by atoms with E-state index in [-0.39, 0.29) is 24.5 Å². The number of carbonyl (C=O) groups excluding carboxylic acids is 3. The lowest BCUT2D eigenvalue weighted by Gasteiger charge is -2.19. The summed E-state index contributed by atoms with van der Waals surface area (Å²) in [7, 11) is 0. The molecule has 1 fully saturated rings. The van der Waals surface area contributed by atoms with E-state index in [1.807, 2.05) is 31.2 Å². The largest absolute Gasteiger partial charge is 0.378 e. The Hall–Kier alpha value is -3.28. The number of ketones is 1. The molecule has 4 rings (SSSR count). The van der Waals surface area contributed by atoms with E-state index >= 15 is 0 Å². The van der Waals surface area contributed by atoms with E-state index in [1.54, 1.807) is 24.3 Å². The number of Topliss-reactive ketones (excluding diaryl/α,β-unsaturated/α-hetero) is 1. The summed E-state index contributed by atoms with van der Waals surface area (Å²) in [6.07, 6.45) is 0.196. The molecule has 6 nitrogen and oxygen atoms in total. The molecule has 2 aromatic carbocycles. The Morgan fingerprint density at radius 1 is 1.04 bits per heavy atom. The number of benzene rings is 2. The molecule has 0 N–H and O–H groups in total. The molecular weight excluding hydrogens is 344 g/mol. The monoisotopic (exact) mass is 362 g/mol. The van der Waals surface area contributed by atoms with Gasteiger partial charge in [0, 0.05) is 12.0 Å². The molecule has 1 spiro atoms. The number of hydrogen-bond acceptors (Lipinski definition) is 5. The lowest BCUT2D eigenvalue weighted by atomic mass is 9.92. The number of amides is 2. The highest BCUT2D eigenvalue weighted by Crippen LogP contribution is 2.39. The summed E-state index contributed by atoms with van der Waals surface area (Å²) in [4.78, 5) is 43.6. The fourth-order valence-corrected chi connectivity index (χ4v) is 3.41. The highest BCUT2D eigenvalue weighted by atomic mass is 16.7. The zero-order valence-electron chi connectivity index (χ0n) is 15.1. The predicted molar refractivity (Wildman–Crippen MR) is 99.7 cm³/mol. The van der Waals surface area contributed by atoms with Gasteiger partial charge in [0.15, 0.2) is 5.78 Å². The van der Waals surface area contributed by atoms with Gasteiger partial charge in [0.1, 0.15) is 0 Å². The minimum absolute atomic E-state index is 0.0564. The lowest BCUT2D eigenvalue weighted by molar-refractivity contribution is -0.136. The number of oxime groups is 1. The van der Waals surface area contributed by atoms with Gasteiger partial charge in [-0.1, -0.05) is 35.0 Å². The van der Waals surface area contributed by atoms with Crippen LogP contribution in [0.5, 0.6) is 0 Å². The maximum absolute atomic E-state index is 13.0. The second kappa shape index (κ2) is 6.16. The summed E-state index contributed by atoms with van der Waals surface area (Å²) in [5.74, 6) is -0.836. The van der Waals surface area contributed by atoms with Crippen LogP contribution in [0.4, 0.5) is 5.69 Å². The van der Waals surface area contributed by atoms with Gasteiger partial charge in [0.05, 0.1) is 17.8 Å². The zero-order valence-corrected chi connectivity index (χ0v) is 15.1. The van der Waals surface area contributed by atoms with Gasteiger partial charge in [0.2, 0.25) is 11.5 Å². The minimum atomic E-state index is -1.28. The van der Waals surface area contributed by atoms with E-state index in [4.69, 9.17) is 4.84 Å². The van der Waals surface area contributed by atoms with Gasteiger partial charge in [0.25, 0.3) is 5.91 Å². The normalized spacial score (nSPS) is 21.6. The molecule has 0 saturated carbocycles. The smallest absolute Gasteiger partial charge is 0.281 e. The summed E-state index contributed by atoms with van der Waals surface area (Å²) in [5.41, 5.74) is 2.33. The molecule has 2 aliphatic heterocycles. The Labute approximate surface area is 156 Å². The maximum Gasteiger partial charge on any atom is 0.281 e. The second-order valence-electron chi connectivity index (χ2n) is 6.98. The molecule has 1 unspecified atom stereocenters. The van der Waals surface area contributed by atoms with Crippen LogP contribution in [0.2, 0.25) is 0 Å². The van der Waals surface area contributed by atoms with Crippen molar-refractivity contribution in [2.45, 2.75) is 32.3 Å². The molecule has 0 aromatic heterocycles. The van der Waals surface area contributed by atoms with Crippen molar-refractivity contribution in [3.63, 3.8) is 0 Å². The van der Waals surface area contributed by atoms with Crippen LogP contribution in [-0.2, 0) is 14.4 Å². The van der Waals surface area contributed by atoms with Gasteiger partial charge in [-0.3, -0.25) is 14.4 Å². The summed E-state index contributed by atoms with van der Waals surface area (Å²) in [6.45, 7) is 3.46. The standard InChI is InChI=1S/C21H18N2O4/c1-13-3-5-16(6-4-13)18-11-21(27-22-18)12-19(25)23(20(21)26)17-9-7-15(8-10-17)14(2)24/h3-10H,11-12H2,1-2H3. The third-order valence-electron chi connectivity index (χ3n) is 4.98. The van der Waals surface area contributed by atoms with Gasteiger partial charge in [-0.25, -0.2) is 4.90 Å². The SMILES string of the molecule is CC(=O)c1ccc(N2C(=O)CC3(CC(c4ccc(C)cc4)=NO3)C2=O)cc1. The highest BCUT2D eigenvalue weighted by molar-refractivity contribution is 6.25. The number of aryl methyl sites for hydroxylation is 1. The molecule has 2 heterocycles. The molecule has 2 aliphatic rings. The number of nitrogens with zero attached hydrogens (tertiary/aromatic N) is 2. The number of imide groups is 1. The van der Waals surface area contributed by atoms with Crippen LogP contribution in [0.15, 0.2) is 53.7 Å². The van der Waals surface area contributed by atoms with E-state index in [0.717, 1.165) is 16.0 Å². The molecule has 0 bridgehead atoms. The van der Waals surface area contributed by atoms with Crippen molar-refractivity contribution < 1.29 is 19.2 Å². The molecule has 2 amide bonds. The van der Waals surface area contributed by atoms with Gasteiger partial charge >= 0.3 is 0 Å². The van der Waals surface area contributed by atoms with Crippen molar-refractivity contribution >= 4 is 29.0 Å². The maximum atomic E-state index is 13.0. The van der Waals surface area contributed by atoms with E-state index in [9.17, 15) is 14.4 Å². The van der Waals surface area contributed by atoms with E-state index in [2.05, 4.69) is 5.16 Å². The topological polar surface area (TPSA) is 76.0 Å². The first kappa shape index (κ1) is 17.1. The molecule has 1 atom stereocenters. The summed E-state index contributed by atoms with van der Waals surface area (Å²) in [6, 6.07) is 14.2. The quantitative estimate of drug-likeness (QED) is 0.621. The first-order chi connectivity index (χ1) is 12.9. The molecule has 136 valence electrons. The fraction of sp³-hybridized carbons (Fsp3) is 0.238. The molecular formula is C21H18N2O4. The Balaban J connectivity index is 1.58. The van der Waals surface area contributed by atoms with Gasteiger partial charge < -0.3 is 4.84 Å². The van der Waals surface area contributed by atoms with Crippen molar-refractivity contribution in [2.24, 2.45) is 5.16 Å². The number of rotatable bonds is 3. The van der Waals surface area contributed by atoms with Crippen molar-refractivity contribution in [3.05, 3.63) is 65.2 Å². The summed E-state index contributed by atoms with van der Waals surface area (Å²) >= 11 is 0. The highest BCUT2D eigenvalue weighted by Gasteiger charge is 2.58. The molecule has 27 heavy (non-hydrogen) atoms. The number of carbonyl (C=O) groups is 3. The second-order valence-corrected chi connectivity index (χ2v) is 6.98. The molecule has 2 aromatic rings. The van der Waals surface area contributed by atoms with Gasteiger partial charge in [-0.05, 0) is 43.7 Å². The summed E-state index contributed by atoms with van der Waals surface area (Å²) < 4.78 is 0.